The highest BCUT2D eigenvalue weighted by Gasteiger charge is 2.14. The Kier molecular flexibility index (Phi) is 5.71. The molecule has 2 aromatic heterocycles. The van der Waals surface area contributed by atoms with E-state index >= 15 is 0 Å². The predicted molar refractivity (Wildman–Crippen MR) is 89.0 cm³/mol. The molecule has 1 atom stereocenters. The van der Waals surface area contributed by atoms with Crippen LogP contribution in [0.25, 0.3) is 0 Å². The van der Waals surface area contributed by atoms with Crippen LogP contribution in [0.5, 0.6) is 0 Å². The van der Waals surface area contributed by atoms with Crippen molar-refractivity contribution in [2.75, 3.05) is 0 Å². The fourth-order valence-electron chi connectivity index (χ4n) is 2.59. The molecule has 2 aromatic rings. The maximum atomic E-state index is 12.0. The summed E-state index contributed by atoms with van der Waals surface area (Å²) in [6.07, 6.45) is 4.90. The maximum absolute atomic E-state index is 12.0. The summed E-state index contributed by atoms with van der Waals surface area (Å²) in [5.41, 5.74) is 3.45. The highest BCUT2D eigenvalue weighted by atomic mass is 32.1. The van der Waals surface area contributed by atoms with Gasteiger partial charge in [0, 0.05) is 36.8 Å². The monoisotopic (exact) mass is 320 g/mol. The van der Waals surface area contributed by atoms with Crippen LogP contribution in [0, 0.1) is 13.8 Å². The van der Waals surface area contributed by atoms with Gasteiger partial charge in [0.1, 0.15) is 0 Å². The molecule has 0 spiro atoms. The van der Waals surface area contributed by atoms with Gasteiger partial charge < -0.3 is 5.32 Å². The van der Waals surface area contributed by atoms with E-state index in [1.807, 2.05) is 31.0 Å². The Hall–Kier alpha value is -1.69. The summed E-state index contributed by atoms with van der Waals surface area (Å²) >= 11 is 1.64. The first-order valence-corrected chi connectivity index (χ1v) is 8.52. The number of carbonyl (C=O) groups excluding carboxylic acids is 1. The lowest BCUT2D eigenvalue weighted by atomic mass is 10.1. The highest BCUT2D eigenvalue weighted by molar-refractivity contribution is 7.09. The van der Waals surface area contributed by atoms with Crippen molar-refractivity contribution in [1.29, 1.82) is 0 Å². The normalized spacial score (nSPS) is 12.4. The summed E-state index contributed by atoms with van der Waals surface area (Å²) in [7, 11) is 1.95. The number of nitrogens with zero attached hydrogens (tertiary/aromatic N) is 3. The van der Waals surface area contributed by atoms with Gasteiger partial charge in [0.05, 0.1) is 10.7 Å². The third-order valence-corrected chi connectivity index (χ3v) is 4.69. The van der Waals surface area contributed by atoms with Crippen molar-refractivity contribution in [2.24, 2.45) is 7.05 Å². The number of hydrogen-bond acceptors (Lipinski definition) is 4. The van der Waals surface area contributed by atoms with Crippen LogP contribution >= 0.6 is 11.3 Å². The van der Waals surface area contributed by atoms with Gasteiger partial charge in [0.25, 0.3) is 0 Å². The van der Waals surface area contributed by atoms with Gasteiger partial charge in [-0.05, 0) is 45.6 Å². The van der Waals surface area contributed by atoms with Gasteiger partial charge in [-0.3, -0.25) is 9.48 Å². The Morgan fingerprint density at radius 1 is 1.45 bits per heavy atom. The molecule has 2 rings (SSSR count). The predicted octanol–water partition coefficient (Wildman–Crippen LogP) is 2.56. The van der Waals surface area contributed by atoms with E-state index in [1.54, 1.807) is 17.5 Å². The lowest BCUT2D eigenvalue weighted by Gasteiger charge is -2.14. The van der Waals surface area contributed by atoms with E-state index in [4.69, 9.17) is 0 Å². The molecule has 0 aliphatic heterocycles. The molecule has 0 fully saturated rings. The number of aromatic nitrogens is 3. The lowest BCUT2D eigenvalue weighted by Crippen LogP contribution is -2.34. The third kappa shape index (κ3) is 4.40. The summed E-state index contributed by atoms with van der Waals surface area (Å²) in [6.45, 7) is 6.13. The molecule has 0 saturated carbocycles. The molecule has 22 heavy (non-hydrogen) atoms. The molecule has 0 saturated heterocycles. The van der Waals surface area contributed by atoms with Crippen LogP contribution < -0.4 is 5.32 Å². The van der Waals surface area contributed by atoms with E-state index in [9.17, 15) is 4.79 Å². The number of thiazole rings is 1. The van der Waals surface area contributed by atoms with E-state index in [-0.39, 0.29) is 11.9 Å². The number of aryl methyl sites for hydroxylation is 3. The average Bonchev–Trinajstić information content (AvgIpc) is 3.03. The Morgan fingerprint density at radius 3 is 2.82 bits per heavy atom. The molecule has 2 heterocycles. The van der Waals surface area contributed by atoms with Crippen LogP contribution in [0.1, 0.15) is 41.7 Å². The standard InChI is InChI=1S/C16H24N4OS/c1-11(10-14-12(2)19-20(4)13(14)3)18-15(21)6-5-7-16-17-8-9-22-16/h8-9,11H,5-7,10H2,1-4H3,(H,18,21). The summed E-state index contributed by atoms with van der Waals surface area (Å²) in [4.78, 5) is 16.2. The second kappa shape index (κ2) is 7.54. The zero-order valence-corrected chi connectivity index (χ0v) is 14.5. The van der Waals surface area contributed by atoms with Crippen LogP contribution in [0.15, 0.2) is 11.6 Å². The average molecular weight is 320 g/mol. The van der Waals surface area contributed by atoms with Crippen molar-refractivity contribution in [3.8, 4) is 0 Å². The Bertz CT molecular complexity index is 618. The molecule has 0 aliphatic carbocycles. The summed E-state index contributed by atoms with van der Waals surface area (Å²) in [5.74, 6) is 0.114. The molecule has 0 aliphatic rings. The van der Waals surface area contributed by atoms with Crippen molar-refractivity contribution in [2.45, 2.75) is 52.5 Å². The van der Waals surface area contributed by atoms with Gasteiger partial charge in [0.2, 0.25) is 5.91 Å². The second-order valence-corrected chi connectivity index (χ2v) is 6.70. The highest BCUT2D eigenvalue weighted by Crippen LogP contribution is 2.14. The van der Waals surface area contributed by atoms with Crippen molar-refractivity contribution in [1.82, 2.24) is 20.1 Å². The van der Waals surface area contributed by atoms with Crippen molar-refractivity contribution in [3.05, 3.63) is 33.5 Å². The number of nitrogens with one attached hydrogen (secondary N) is 1. The van der Waals surface area contributed by atoms with Gasteiger partial charge in [-0.1, -0.05) is 0 Å². The molecule has 6 heteroatoms. The Labute approximate surface area is 135 Å². The zero-order valence-electron chi connectivity index (χ0n) is 13.7. The van der Waals surface area contributed by atoms with Crippen molar-refractivity contribution in [3.63, 3.8) is 0 Å². The van der Waals surface area contributed by atoms with Crippen LogP contribution in [-0.4, -0.2) is 26.7 Å². The molecule has 1 unspecified atom stereocenters. The van der Waals surface area contributed by atoms with Gasteiger partial charge in [-0.15, -0.1) is 11.3 Å². The van der Waals surface area contributed by atoms with E-state index in [2.05, 4.69) is 22.3 Å². The fourth-order valence-corrected chi connectivity index (χ4v) is 3.26. The summed E-state index contributed by atoms with van der Waals surface area (Å²) in [6, 6.07) is 0.119. The number of amides is 1. The molecular formula is C16H24N4OS. The first-order chi connectivity index (χ1) is 10.5. The molecule has 1 N–H and O–H groups in total. The largest absolute Gasteiger partial charge is 0.353 e. The summed E-state index contributed by atoms with van der Waals surface area (Å²) < 4.78 is 1.90. The molecule has 5 nitrogen and oxygen atoms in total. The van der Waals surface area contributed by atoms with Gasteiger partial charge >= 0.3 is 0 Å². The third-order valence-electron chi connectivity index (χ3n) is 3.85. The maximum Gasteiger partial charge on any atom is 0.220 e. The first-order valence-electron chi connectivity index (χ1n) is 7.64. The minimum atomic E-state index is 0.114. The van der Waals surface area contributed by atoms with Gasteiger partial charge in [0.15, 0.2) is 0 Å². The second-order valence-electron chi connectivity index (χ2n) is 5.73. The molecule has 120 valence electrons. The first kappa shape index (κ1) is 16.7. The lowest BCUT2D eigenvalue weighted by molar-refractivity contribution is -0.121. The molecule has 0 radical (unpaired) electrons. The quantitative estimate of drug-likeness (QED) is 0.853. The van der Waals surface area contributed by atoms with Gasteiger partial charge in [-0.25, -0.2) is 4.98 Å². The fraction of sp³-hybridized carbons (Fsp3) is 0.562. The molecular weight excluding hydrogens is 296 g/mol. The Balaban J connectivity index is 1.76. The van der Waals surface area contributed by atoms with E-state index in [0.717, 1.165) is 30.0 Å². The van der Waals surface area contributed by atoms with E-state index < -0.39 is 0 Å². The minimum Gasteiger partial charge on any atom is -0.353 e. The van der Waals surface area contributed by atoms with Gasteiger partial charge in [-0.2, -0.15) is 5.10 Å². The summed E-state index contributed by atoms with van der Waals surface area (Å²) in [5, 5.41) is 10.6. The van der Waals surface area contributed by atoms with E-state index in [0.29, 0.717) is 6.42 Å². The molecule has 1 amide bonds. The van der Waals surface area contributed by atoms with E-state index in [1.165, 1.54) is 11.3 Å². The molecule has 0 aromatic carbocycles. The van der Waals surface area contributed by atoms with Crippen molar-refractivity contribution >= 4 is 17.2 Å². The van der Waals surface area contributed by atoms with Crippen molar-refractivity contribution < 1.29 is 4.79 Å². The topological polar surface area (TPSA) is 59.8 Å². The molecule has 0 bridgehead atoms. The van der Waals surface area contributed by atoms with Crippen LogP contribution in [0.4, 0.5) is 0 Å². The van der Waals surface area contributed by atoms with Crippen LogP contribution in [-0.2, 0) is 24.7 Å². The number of carbonyl (C=O) groups is 1. The Morgan fingerprint density at radius 2 is 2.23 bits per heavy atom. The van der Waals surface area contributed by atoms with Crippen LogP contribution in [0.3, 0.4) is 0 Å². The number of rotatable bonds is 7. The smallest absolute Gasteiger partial charge is 0.220 e. The zero-order chi connectivity index (χ0) is 16.1. The van der Waals surface area contributed by atoms with Crippen LogP contribution in [0.2, 0.25) is 0 Å². The SMILES string of the molecule is Cc1nn(C)c(C)c1CC(C)NC(=O)CCCc1nccs1. The minimum absolute atomic E-state index is 0.114. The number of hydrogen-bond donors (Lipinski definition) is 1.